The maximum atomic E-state index is 12.6. The maximum absolute atomic E-state index is 12.6. The molecule has 0 bridgehead atoms. The van der Waals surface area contributed by atoms with Gasteiger partial charge in [-0.15, -0.1) is 11.3 Å². The number of nitrogens with one attached hydrogen (secondary N) is 3. The van der Waals surface area contributed by atoms with Crippen LogP contribution in [0.1, 0.15) is 47.0 Å². The minimum Gasteiger partial charge on any atom is -0.462 e. The number of thiophene rings is 1. The van der Waals surface area contributed by atoms with Gasteiger partial charge in [0.15, 0.2) is 5.11 Å². The lowest BCUT2D eigenvalue weighted by Crippen LogP contribution is -2.21. The van der Waals surface area contributed by atoms with Gasteiger partial charge in [0.25, 0.3) is 0 Å². The first kappa shape index (κ1) is 22.7. The summed E-state index contributed by atoms with van der Waals surface area (Å²) >= 11 is 6.98. The number of aryl methyl sites for hydroxylation is 1. The summed E-state index contributed by atoms with van der Waals surface area (Å²) in [5, 5.41) is 7.18. The first-order valence-electron chi connectivity index (χ1n) is 9.79. The molecule has 10 heteroatoms. The van der Waals surface area contributed by atoms with Crippen LogP contribution in [0.25, 0.3) is 0 Å². The Morgan fingerprint density at radius 3 is 2.50 bits per heavy atom. The second-order valence-electron chi connectivity index (χ2n) is 6.80. The molecule has 0 saturated carbocycles. The fraction of sp³-hybridized carbons (Fsp3) is 0.400. The molecular weight excluding hydrogens is 442 g/mol. The molecular formula is C20H25N3O4S3. The molecule has 0 saturated heterocycles. The summed E-state index contributed by atoms with van der Waals surface area (Å²) in [6.07, 6.45) is 5.14. The van der Waals surface area contributed by atoms with Crippen LogP contribution in [-0.2, 0) is 27.6 Å². The number of carbonyl (C=O) groups is 1. The number of hydrogen-bond donors (Lipinski definition) is 3. The number of anilines is 2. The SMILES string of the molecule is CCOC(=O)c1c(NC(=S)Nc2ccc(S(=O)(=O)NC)cc2)sc2c1CCCCC2. The molecule has 1 aliphatic rings. The number of carbonyl (C=O) groups excluding carboxylic acids is 1. The Balaban J connectivity index is 1.78. The Hall–Kier alpha value is -2.01. The summed E-state index contributed by atoms with van der Waals surface area (Å²) in [5.41, 5.74) is 2.29. The van der Waals surface area contributed by atoms with E-state index in [2.05, 4.69) is 15.4 Å². The highest BCUT2D eigenvalue weighted by atomic mass is 32.2. The van der Waals surface area contributed by atoms with Gasteiger partial charge in [-0.05, 0) is 81.7 Å². The number of esters is 1. The zero-order valence-corrected chi connectivity index (χ0v) is 19.4. The van der Waals surface area contributed by atoms with Crippen LogP contribution < -0.4 is 15.4 Å². The monoisotopic (exact) mass is 467 g/mol. The Labute approximate surface area is 186 Å². The lowest BCUT2D eigenvalue weighted by Gasteiger charge is -2.12. The van der Waals surface area contributed by atoms with Crippen molar-refractivity contribution in [3.05, 3.63) is 40.3 Å². The molecule has 7 nitrogen and oxygen atoms in total. The van der Waals surface area contributed by atoms with E-state index in [-0.39, 0.29) is 10.9 Å². The number of thiocarbonyl (C=S) groups is 1. The highest BCUT2D eigenvalue weighted by Crippen LogP contribution is 2.38. The summed E-state index contributed by atoms with van der Waals surface area (Å²) in [5.74, 6) is -0.330. The minimum atomic E-state index is -3.49. The molecule has 0 unspecified atom stereocenters. The van der Waals surface area contributed by atoms with E-state index in [1.165, 1.54) is 24.1 Å². The third kappa shape index (κ3) is 5.18. The van der Waals surface area contributed by atoms with Gasteiger partial charge in [0.05, 0.1) is 17.1 Å². The third-order valence-corrected chi connectivity index (χ3v) is 7.66. The van der Waals surface area contributed by atoms with Gasteiger partial charge in [0.2, 0.25) is 10.0 Å². The summed E-state index contributed by atoms with van der Waals surface area (Å²) in [6.45, 7) is 2.10. The summed E-state index contributed by atoms with van der Waals surface area (Å²) in [4.78, 5) is 14.0. The summed E-state index contributed by atoms with van der Waals surface area (Å²) in [6, 6.07) is 6.25. The zero-order chi connectivity index (χ0) is 21.7. The standard InChI is InChI=1S/C20H25N3O4S3/c1-3-27-19(24)17-15-7-5-4-6-8-16(15)29-18(17)23-20(28)22-13-9-11-14(12-10-13)30(25,26)21-2/h9-12,21H,3-8H2,1-2H3,(H2,22,23,28). The van der Waals surface area contributed by atoms with Gasteiger partial charge in [-0.3, -0.25) is 0 Å². The molecule has 3 rings (SSSR count). The van der Waals surface area contributed by atoms with E-state index >= 15 is 0 Å². The first-order chi connectivity index (χ1) is 14.4. The summed E-state index contributed by atoms with van der Waals surface area (Å²) < 4.78 is 31.2. The van der Waals surface area contributed by atoms with E-state index in [0.717, 1.165) is 37.7 Å². The third-order valence-electron chi connectivity index (χ3n) is 4.82. The predicted octanol–water partition coefficient (Wildman–Crippen LogP) is 3.91. The number of benzene rings is 1. The van der Waals surface area contributed by atoms with Crippen LogP contribution in [-0.4, -0.2) is 33.2 Å². The predicted molar refractivity (Wildman–Crippen MR) is 124 cm³/mol. The molecule has 2 aromatic rings. The van der Waals surface area contributed by atoms with Gasteiger partial charge in [-0.25, -0.2) is 17.9 Å². The topological polar surface area (TPSA) is 96.5 Å². The average molecular weight is 468 g/mol. The molecule has 1 aliphatic carbocycles. The number of hydrogen-bond acceptors (Lipinski definition) is 6. The van der Waals surface area contributed by atoms with Crippen molar-refractivity contribution < 1.29 is 17.9 Å². The molecule has 3 N–H and O–H groups in total. The van der Waals surface area contributed by atoms with Crippen molar-refractivity contribution in [3.8, 4) is 0 Å². The van der Waals surface area contributed by atoms with E-state index in [4.69, 9.17) is 17.0 Å². The smallest absolute Gasteiger partial charge is 0.341 e. The van der Waals surface area contributed by atoms with Gasteiger partial charge < -0.3 is 15.4 Å². The number of rotatable bonds is 6. The molecule has 30 heavy (non-hydrogen) atoms. The highest BCUT2D eigenvalue weighted by Gasteiger charge is 2.26. The Kier molecular flexibility index (Phi) is 7.45. The van der Waals surface area contributed by atoms with Crippen molar-refractivity contribution in [3.63, 3.8) is 0 Å². The second-order valence-corrected chi connectivity index (χ2v) is 10.2. The largest absolute Gasteiger partial charge is 0.462 e. The lowest BCUT2D eigenvalue weighted by molar-refractivity contribution is 0.0527. The van der Waals surface area contributed by atoms with E-state index in [9.17, 15) is 13.2 Å². The van der Waals surface area contributed by atoms with Crippen molar-refractivity contribution in [1.29, 1.82) is 0 Å². The van der Waals surface area contributed by atoms with Crippen molar-refractivity contribution >= 4 is 55.3 Å². The molecule has 0 radical (unpaired) electrons. The van der Waals surface area contributed by atoms with E-state index in [1.54, 1.807) is 30.4 Å². The number of ether oxygens (including phenoxy) is 1. The van der Waals surface area contributed by atoms with Crippen molar-refractivity contribution in [1.82, 2.24) is 4.72 Å². The Morgan fingerprint density at radius 2 is 1.83 bits per heavy atom. The van der Waals surface area contributed by atoms with Crippen LogP contribution in [0.4, 0.5) is 10.7 Å². The fourth-order valence-electron chi connectivity index (χ4n) is 3.35. The molecule has 0 fully saturated rings. The zero-order valence-electron chi connectivity index (χ0n) is 16.9. The number of sulfonamides is 1. The van der Waals surface area contributed by atoms with Gasteiger partial charge in [0.1, 0.15) is 5.00 Å². The Bertz CT molecular complexity index is 1030. The molecule has 0 spiro atoms. The normalized spacial score (nSPS) is 13.8. The lowest BCUT2D eigenvalue weighted by atomic mass is 10.1. The summed E-state index contributed by atoms with van der Waals surface area (Å²) in [7, 11) is -2.13. The van der Waals surface area contributed by atoms with Crippen molar-refractivity contribution in [2.24, 2.45) is 0 Å². The maximum Gasteiger partial charge on any atom is 0.341 e. The van der Waals surface area contributed by atoms with Crippen LogP contribution in [0.15, 0.2) is 29.2 Å². The van der Waals surface area contributed by atoms with Gasteiger partial charge in [-0.1, -0.05) is 6.42 Å². The molecule has 0 amide bonds. The quantitative estimate of drug-likeness (QED) is 0.337. The van der Waals surface area contributed by atoms with Crippen LogP contribution in [0, 0.1) is 0 Å². The molecule has 0 atom stereocenters. The van der Waals surface area contributed by atoms with Gasteiger partial charge in [0, 0.05) is 10.6 Å². The molecule has 1 aromatic carbocycles. The van der Waals surface area contributed by atoms with Gasteiger partial charge >= 0.3 is 5.97 Å². The van der Waals surface area contributed by atoms with E-state index in [0.29, 0.717) is 28.0 Å². The second kappa shape index (κ2) is 9.86. The van der Waals surface area contributed by atoms with Gasteiger partial charge in [-0.2, -0.15) is 0 Å². The molecule has 0 aliphatic heterocycles. The first-order valence-corrected chi connectivity index (χ1v) is 12.5. The number of fused-ring (bicyclic) bond motifs is 1. The molecule has 1 aromatic heterocycles. The van der Waals surface area contributed by atoms with Crippen LogP contribution in [0.3, 0.4) is 0 Å². The molecule has 162 valence electrons. The Morgan fingerprint density at radius 1 is 1.13 bits per heavy atom. The van der Waals surface area contributed by atoms with Crippen molar-refractivity contribution in [2.75, 3.05) is 24.3 Å². The van der Waals surface area contributed by atoms with Crippen molar-refractivity contribution in [2.45, 2.75) is 43.9 Å². The minimum absolute atomic E-state index is 0.168. The van der Waals surface area contributed by atoms with Crippen LogP contribution in [0.2, 0.25) is 0 Å². The van der Waals surface area contributed by atoms with E-state index in [1.807, 2.05) is 0 Å². The molecule has 1 heterocycles. The van der Waals surface area contributed by atoms with Crippen LogP contribution in [0.5, 0.6) is 0 Å². The average Bonchev–Trinajstić information content (AvgIpc) is 2.89. The van der Waals surface area contributed by atoms with Crippen LogP contribution >= 0.6 is 23.6 Å². The fourth-order valence-corrected chi connectivity index (χ4v) is 5.65. The highest BCUT2D eigenvalue weighted by molar-refractivity contribution is 7.89. The van der Waals surface area contributed by atoms with E-state index < -0.39 is 10.0 Å².